The van der Waals surface area contributed by atoms with Crippen LogP contribution in [-0.4, -0.2) is 21.2 Å². The highest BCUT2D eigenvalue weighted by Crippen LogP contribution is 2.30. The van der Waals surface area contributed by atoms with E-state index >= 15 is 0 Å². The van der Waals surface area contributed by atoms with Gasteiger partial charge in [0.05, 0.1) is 7.11 Å². The van der Waals surface area contributed by atoms with Crippen molar-refractivity contribution in [1.29, 1.82) is 0 Å². The van der Waals surface area contributed by atoms with Gasteiger partial charge in [0.2, 0.25) is 8.32 Å². The van der Waals surface area contributed by atoms with Gasteiger partial charge in [-0.25, -0.2) is 0 Å². The molecular formula is C17H26O3Si. The smallest absolute Gasteiger partial charge is 0.242 e. The van der Waals surface area contributed by atoms with Gasteiger partial charge in [-0.05, 0) is 56.3 Å². The molecule has 0 aromatic heterocycles. The van der Waals surface area contributed by atoms with Crippen molar-refractivity contribution in [2.45, 2.75) is 45.8 Å². The molecule has 116 valence electrons. The molecule has 21 heavy (non-hydrogen) atoms. The van der Waals surface area contributed by atoms with Crippen LogP contribution in [0, 0.1) is 0 Å². The maximum atomic E-state index is 11.6. The van der Waals surface area contributed by atoms with Crippen molar-refractivity contribution in [2.24, 2.45) is 0 Å². The van der Waals surface area contributed by atoms with E-state index in [2.05, 4.69) is 19.6 Å². The zero-order valence-corrected chi connectivity index (χ0v) is 14.7. The van der Waals surface area contributed by atoms with Crippen LogP contribution >= 0.6 is 0 Å². The summed E-state index contributed by atoms with van der Waals surface area (Å²) < 4.78 is 11.4. The molecule has 0 aliphatic heterocycles. The fourth-order valence-corrected chi connectivity index (χ4v) is 2.71. The molecule has 0 fully saturated rings. The molecule has 1 rings (SSSR count). The number of hydrogen-bond donors (Lipinski definition) is 0. The molecule has 0 radical (unpaired) electrons. The average Bonchev–Trinajstić information content (AvgIpc) is 2.42. The molecule has 0 amide bonds. The molecule has 0 saturated heterocycles. The van der Waals surface area contributed by atoms with E-state index in [9.17, 15) is 4.79 Å². The number of ketones is 1. The van der Waals surface area contributed by atoms with E-state index in [4.69, 9.17) is 9.16 Å². The number of methoxy groups -OCH3 is 1. The molecule has 0 unspecified atom stereocenters. The summed E-state index contributed by atoms with van der Waals surface area (Å²) in [6.45, 7) is 8.43. The third kappa shape index (κ3) is 6.62. The number of rotatable bonds is 8. The Bertz CT molecular complexity index is 501. The molecule has 0 aliphatic rings. The molecule has 1 aromatic carbocycles. The Labute approximate surface area is 129 Å². The maximum absolute atomic E-state index is 11.6. The summed E-state index contributed by atoms with van der Waals surface area (Å²) in [5.74, 6) is 1.70. The van der Waals surface area contributed by atoms with Crippen LogP contribution in [0.15, 0.2) is 30.4 Å². The van der Waals surface area contributed by atoms with E-state index in [1.54, 1.807) is 13.2 Å². The summed E-state index contributed by atoms with van der Waals surface area (Å²) in [6, 6.07) is 5.92. The van der Waals surface area contributed by atoms with Crippen LogP contribution < -0.4 is 9.16 Å². The first-order chi connectivity index (χ1) is 9.85. The van der Waals surface area contributed by atoms with Gasteiger partial charge in [-0.3, -0.25) is 4.79 Å². The van der Waals surface area contributed by atoms with Crippen molar-refractivity contribution < 1.29 is 14.0 Å². The molecule has 3 nitrogen and oxygen atoms in total. The van der Waals surface area contributed by atoms with Gasteiger partial charge in [-0.1, -0.05) is 19.1 Å². The monoisotopic (exact) mass is 306 g/mol. The quantitative estimate of drug-likeness (QED) is 0.528. The lowest BCUT2D eigenvalue weighted by molar-refractivity contribution is -0.114. The topological polar surface area (TPSA) is 35.5 Å². The zero-order chi connectivity index (χ0) is 15.9. The van der Waals surface area contributed by atoms with Gasteiger partial charge in [-0.2, -0.15) is 0 Å². The predicted molar refractivity (Wildman–Crippen MR) is 89.7 cm³/mol. The summed E-state index contributed by atoms with van der Waals surface area (Å²) >= 11 is 0. The van der Waals surface area contributed by atoms with Crippen LogP contribution in [0.5, 0.6) is 11.5 Å². The first-order valence-electron chi connectivity index (χ1n) is 7.41. The Morgan fingerprint density at radius 2 is 1.95 bits per heavy atom. The largest absolute Gasteiger partial charge is 0.542 e. The van der Waals surface area contributed by atoms with Crippen molar-refractivity contribution in [3.8, 4) is 11.5 Å². The lowest BCUT2D eigenvalue weighted by atomic mass is 10.1. The summed E-state index contributed by atoms with van der Waals surface area (Å²) in [6.07, 6.45) is 5.69. The average molecular weight is 306 g/mol. The van der Waals surface area contributed by atoms with Crippen LogP contribution in [0.3, 0.4) is 0 Å². The Balaban J connectivity index is 2.74. The molecule has 0 N–H and O–H groups in total. The van der Waals surface area contributed by atoms with Gasteiger partial charge < -0.3 is 9.16 Å². The van der Waals surface area contributed by atoms with Crippen molar-refractivity contribution >= 4 is 14.1 Å². The third-order valence-corrected chi connectivity index (χ3v) is 3.68. The molecule has 0 spiro atoms. The van der Waals surface area contributed by atoms with Crippen LogP contribution in [-0.2, 0) is 11.2 Å². The summed E-state index contributed by atoms with van der Waals surface area (Å²) in [7, 11) is -0.0135. The minimum absolute atomic E-state index is 0.165. The number of allylic oxidation sites excluding steroid dienone is 2. The van der Waals surface area contributed by atoms with E-state index in [1.807, 2.05) is 31.2 Å². The molecule has 0 atom stereocenters. The van der Waals surface area contributed by atoms with E-state index < -0.39 is 8.32 Å². The van der Waals surface area contributed by atoms with Crippen molar-refractivity contribution in [2.75, 3.05) is 7.11 Å². The molecule has 0 heterocycles. The van der Waals surface area contributed by atoms with Gasteiger partial charge in [-0.15, -0.1) is 0 Å². The lowest BCUT2D eigenvalue weighted by Crippen LogP contribution is -2.29. The molecular weight excluding hydrogens is 280 g/mol. The van der Waals surface area contributed by atoms with E-state index in [0.717, 1.165) is 29.9 Å². The van der Waals surface area contributed by atoms with Gasteiger partial charge in [0.15, 0.2) is 11.5 Å². The number of ether oxygens (including phenoxy) is 1. The Morgan fingerprint density at radius 1 is 1.24 bits per heavy atom. The maximum Gasteiger partial charge on any atom is 0.242 e. The SMILES string of the molecule is CCC=CC(=O)CCc1ccc(O[Si](C)(C)C)c(OC)c1. The Kier molecular flexibility index (Phi) is 6.69. The highest BCUT2D eigenvalue weighted by Gasteiger charge is 2.18. The number of aryl methyl sites for hydroxylation is 1. The molecule has 4 heteroatoms. The van der Waals surface area contributed by atoms with Crippen LogP contribution in [0.4, 0.5) is 0 Å². The van der Waals surface area contributed by atoms with Gasteiger partial charge in [0, 0.05) is 6.42 Å². The zero-order valence-electron chi connectivity index (χ0n) is 13.7. The predicted octanol–water partition coefficient (Wildman–Crippen LogP) is 4.38. The standard InChI is InChI=1S/C17H26O3Si/c1-6-7-8-15(18)11-9-14-10-12-16(17(13-14)19-2)20-21(3,4)5/h7-8,10,12-13H,6,9,11H2,1-5H3. The number of hydrogen-bond acceptors (Lipinski definition) is 3. The first kappa shape index (κ1) is 17.5. The van der Waals surface area contributed by atoms with Crippen LogP contribution in [0.1, 0.15) is 25.3 Å². The number of benzene rings is 1. The number of carbonyl (C=O) groups excluding carboxylic acids is 1. The summed E-state index contributed by atoms with van der Waals surface area (Å²) in [4.78, 5) is 11.6. The van der Waals surface area contributed by atoms with E-state index in [1.165, 1.54) is 0 Å². The van der Waals surface area contributed by atoms with Crippen molar-refractivity contribution in [3.63, 3.8) is 0 Å². The second-order valence-corrected chi connectivity index (χ2v) is 10.4. The fraction of sp³-hybridized carbons (Fsp3) is 0.471. The van der Waals surface area contributed by atoms with Gasteiger partial charge in [0.1, 0.15) is 5.75 Å². The minimum Gasteiger partial charge on any atom is -0.542 e. The number of carbonyl (C=O) groups is 1. The second-order valence-electron chi connectivity index (χ2n) is 5.98. The summed E-state index contributed by atoms with van der Waals surface area (Å²) in [5.41, 5.74) is 1.09. The van der Waals surface area contributed by atoms with Crippen LogP contribution in [0.25, 0.3) is 0 Å². The molecule has 0 saturated carbocycles. The first-order valence-corrected chi connectivity index (χ1v) is 10.8. The minimum atomic E-state index is -1.66. The lowest BCUT2D eigenvalue weighted by Gasteiger charge is -2.21. The normalized spacial score (nSPS) is 11.7. The third-order valence-electron chi connectivity index (χ3n) is 2.84. The molecule has 0 bridgehead atoms. The fourth-order valence-electron chi connectivity index (χ4n) is 1.88. The molecule has 1 aromatic rings. The Hall–Kier alpha value is -1.55. The van der Waals surface area contributed by atoms with Crippen molar-refractivity contribution in [3.05, 3.63) is 35.9 Å². The van der Waals surface area contributed by atoms with Gasteiger partial charge in [0.25, 0.3) is 0 Å². The highest BCUT2D eigenvalue weighted by atomic mass is 28.4. The second kappa shape index (κ2) is 8.03. The van der Waals surface area contributed by atoms with Crippen molar-refractivity contribution in [1.82, 2.24) is 0 Å². The summed E-state index contributed by atoms with van der Waals surface area (Å²) in [5, 5.41) is 0. The van der Waals surface area contributed by atoms with E-state index in [0.29, 0.717) is 6.42 Å². The molecule has 0 aliphatic carbocycles. The highest BCUT2D eigenvalue weighted by molar-refractivity contribution is 6.70. The van der Waals surface area contributed by atoms with Crippen LogP contribution in [0.2, 0.25) is 19.6 Å². The van der Waals surface area contributed by atoms with Gasteiger partial charge >= 0.3 is 0 Å². The Morgan fingerprint density at radius 3 is 2.52 bits per heavy atom. The van der Waals surface area contributed by atoms with E-state index in [-0.39, 0.29) is 5.78 Å².